The van der Waals surface area contributed by atoms with Crippen molar-refractivity contribution in [3.05, 3.63) is 54.8 Å². The van der Waals surface area contributed by atoms with Crippen molar-refractivity contribution in [2.45, 2.75) is 35.6 Å². The molecule has 1 saturated carbocycles. The van der Waals surface area contributed by atoms with Crippen molar-refractivity contribution >= 4 is 11.8 Å². The molecule has 1 fully saturated rings. The second kappa shape index (κ2) is 4.26. The van der Waals surface area contributed by atoms with Crippen LogP contribution in [0.15, 0.2) is 48.5 Å². The van der Waals surface area contributed by atoms with Crippen LogP contribution in [-0.4, -0.2) is 10.1 Å². The van der Waals surface area contributed by atoms with Gasteiger partial charge in [0.25, 0.3) is 0 Å². The first-order valence-electron chi connectivity index (χ1n) is 6.12. The molecule has 0 N–H and O–H groups in total. The zero-order valence-corrected chi connectivity index (χ0v) is 10.7. The summed E-state index contributed by atoms with van der Waals surface area (Å²) in [6.07, 6.45) is 6.69. The van der Waals surface area contributed by atoms with Crippen LogP contribution in [0.1, 0.15) is 30.0 Å². The van der Waals surface area contributed by atoms with Gasteiger partial charge in [-0.3, -0.25) is 0 Å². The summed E-state index contributed by atoms with van der Waals surface area (Å²) in [5.41, 5.74) is 2.82. The summed E-state index contributed by atoms with van der Waals surface area (Å²) in [5, 5.41) is 0.875. The Morgan fingerprint density at radius 3 is 2.76 bits per heavy atom. The maximum absolute atomic E-state index is 3.93. The van der Waals surface area contributed by atoms with Gasteiger partial charge in [0.1, 0.15) is 0 Å². The summed E-state index contributed by atoms with van der Waals surface area (Å²) >= 11 is 2.02. The molecule has 1 nitrogen and oxygen atoms in total. The monoisotopic (exact) mass is 243 g/mol. The molecule has 2 heteroatoms. The van der Waals surface area contributed by atoms with Crippen LogP contribution < -0.4 is 0 Å². The minimum absolute atomic E-state index is 0.308. The van der Waals surface area contributed by atoms with Gasteiger partial charge in [-0.2, -0.15) is 0 Å². The molecular formula is C15H17NS. The fourth-order valence-electron chi connectivity index (χ4n) is 2.37. The summed E-state index contributed by atoms with van der Waals surface area (Å²) in [6, 6.07) is 7.17. The molecule has 1 heterocycles. The van der Waals surface area contributed by atoms with E-state index in [1.807, 2.05) is 24.0 Å². The number of rotatable bonds is 4. The maximum Gasteiger partial charge on any atom is 0.0725 e. The van der Waals surface area contributed by atoms with Gasteiger partial charge in [0.2, 0.25) is 0 Å². The van der Waals surface area contributed by atoms with Crippen LogP contribution in [-0.2, 0) is 6.54 Å². The second-order valence-electron chi connectivity index (χ2n) is 4.71. The summed E-state index contributed by atoms with van der Waals surface area (Å²) in [4.78, 5) is 3.66. The van der Waals surface area contributed by atoms with E-state index in [0.29, 0.717) is 6.04 Å². The van der Waals surface area contributed by atoms with Crippen LogP contribution in [0, 0.1) is 0 Å². The Bertz CT molecular complexity index is 462. The summed E-state index contributed by atoms with van der Waals surface area (Å²) in [7, 11) is 0. The fourth-order valence-corrected chi connectivity index (χ4v) is 3.49. The van der Waals surface area contributed by atoms with Crippen LogP contribution >= 0.6 is 11.8 Å². The van der Waals surface area contributed by atoms with Gasteiger partial charge < -0.3 is 4.90 Å². The average molecular weight is 243 g/mol. The Morgan fingerprint density at radius 1 is 1.29 bits per heavy atom. The molecule has 0 radical (unpaired) electrons. The largest absolute Gasteiger partial charge is 0.363 e. The third kappa shape index (κ3) is 2.02. The highest BCUT2D eigenvalue weighted by Crippen LogP contribution is 2.42. The summed E-state index contributed by atoms with van der Waals surface area (Å²) in [5.74, 6) is 0. The lowest BCUT2D eigenvalue weighted by Gasteiger charge is -2.19. The molecule has 88 valence electrons. The number of thioether (sulfide) groups is 1. The normalized spacial score (nSPS) is 22.4. The molecule has 1 aliphatic heterocycles. The highest BCUT2D eigenvalue weighted by Gasteiger charge is 2.27. The quantitative estimate of drug-likeness (QED) is 0.732. The molecule has 0 aromatic heterocycles. The maximum atomic E-state index is 3.93. The highest BCUT2D eigenvalue weighted by molar-refractivity contribution is 8.00. The van der Waals surface area contributed by atoms with Crippen LogP contribution in [0.3, 0.4) is 0 Å². The van der Waals surface area contributed by atoms with E-state index in [1.54, 1.807) is 0 Å². The molecular weight excluding hydrogens is 226 g/mol. The third-order valence-corrected chi connectivity index (χ3v) is 4.76. The van der Waals surface area contributed by atoms with E-state index in [4.69, 9.17) is 0 Å². The Kier molecular flexibility index (Phi) is 2.75. The number of benzene rings is 1. The van der Waals surface area contributed by atoms with Crippen molar-refractivity contribution in [1.29, 1.82) is 0 Å². The Labute approximate surface area is 107 Å². The third-order valence-electron chi connectivity index (χ3n) is 3.43. The van der Waals surface area contributed by atoms with Crippen LogP contribution in [0.25, 0.3) is 0 Å². The van der Waals surface area contributed by atoms with Gasteiger partial charge in [-0.1, -0.05) is 18.7 Å². The Balaban J connectivity index is 1.89. The van der Waals surface area contributed by atoms with Crippen molar-refractivity contribution < 1.29 is 0 Å². The van der Waals surface area contributed by atoms with Gasteiger partial charge in [-0.15, -0.1) is 18.3 Å². The predicted molar refractivity (Wildman–Crippen MR) is 74.0 cm³/mol. The van der Waals surface area contributed by atoms with Gasteiger partial charge in [0, 0.05) is 16.7 Å². The van der Waals surface area contributed by atoms with Crippen molar-refractivity contribution in [3.8, 4) is 0 Å². The van der Waals surface area contributed by atoms with Crippen LogP contribution in [0.2, 0.25) is 0 Å². The number of nitrogens with zero attached hydrogens (tertiary/aromatic N) is 1. The van der Waals surface area contributed by atoms with E-state index in [9.17, 15) is 0 Å². The average Bonchev–Trinajstić information content (AvgIpc) is 3.07. The standard InChI is InChI=1S/C15H17NS/c1-3-15-14-8-7-13(17-12-5-6-12)9-11(14)10-16(15)4-2/h3-4,7-9,12,15H,1-2,5-6,10H2. The van der Waals surface area contributed by atoms with E-state index in [2.05, 4.69) is 36.3 Å². The first-order chi connectivity index (χ1) is 8.31. The van der Waals surface area contributed by atoms with E-state index < -0.39 is 0 Å². The number of hydrogen-bond acceptors (Lipinski definition) is 2. The number of fused-ring (bicyclic) bond motifs is 1. The predicted octanol–water partition coefficient (Wildman–Crippen LogP) is 4.13. The van der Waals surface area contributed by atoms with Gasteiger partial charge in [0.15, 0.2) is 0 Å². The highest BCUT2D eigenvalue weighted by atomic mass is 32.2. The molecule has 0 spiro atoms. The van der Waals surface area contributed by atoms with E-state index >= 15 is 0 Å². The van der Waals surface area contributed by atoms with Crippen LogP contribution in [0.5, 0.6) is 0 Å². The molecule has 3 rings (SSSR count). The zero-order valence-electron chi connectivity index (χ0n) is 9.93. The molecule has 1 aromatic carbocycles. The molecule has 17 heavy (non-hydrogen) atoms. The summed E-state index contributed by atoms with van der Waals surface area (Å²) < 4.78 is 0. The molecule has 2 aliphatic rings. The smallest absolute Gasteiger partial charge is 0.0725 e. The molecule has 1 atom stereocenters. The topological polar surface area (TPSA) is 3.24 Å². The zero-order chi connectivity index (χ0) is 11.8. The summed E-state index contributed by atoms with van der Waals surface area (Å²) in [6.45, 7) is 8.77. The van der Waals surface area contributed by atoms with Crippen molar-refractivity contribution in [2.24, 2.45) is 0 Å². The van der Waals surface area contributed by atoms with Crippen molar-refractivity contribution in [1.82, 2.24) is 4.90 Å². The molecule has 0 amide bonds. The molecule has 1 aromatic rings. The van der Waals surface area contributed by atoms with Gasteiger partial charge >= 0.3 is 0 Å². The Morgan fingerprint density at radius 2 is 2.12 bits per heavy atom. The molecule has 0 saturated heterocycles. The first-order valence-corrected chi connectivity index (χ1v) is 7.00. The Hall–Kier alpha value is -1.15. The molecule has 1 aliphatic carbocycles. The van der Waals surface area contributed by atoms with Crippen molar-refractivity contribution in [2.75, 3.05) is 0 Å². The first kappa shape index (κ1) is 11.0. The molecule has 0 bridgehead atoms. The van der Waals surface area contributed by atoms with E-state index in [0.717, 1.165) is 11.8 Å². The van der Waals surface area contributed by atoms with E-state index in [1.165, 1.54) is 28.9 Å². The lowest BCUT2D eigenvalue weighted by molar-refractivity contribution is 0.355. The molecule has 1 unspecified atom stereocenters. The minimum atomic E-state index is 0.308. The van der Waals surface area contributed by atoms with Crippen LogP contribution in [0.4, 0.5) is 0 Å². The lowest BCUT2D eigenvalue weighted by Crippen LogP contribution is -2.12. The minimum Gasteiger partial charge on any atom is -0.363 e. The van der Waals surface area contributed by atoms with Gasteiger partial charge in [0.05, 0.1) is 6.04 Å². The van der Waals surface area contributed by atoms with Gasteiger partial charge in [-0.25, -0.2) is 0 Å². The van der Waals surface area contributed by atoms with Gasteiger partial charge in [-0.05, 0) is 42.3 Å². The van der Waals surface area contributed by atoms with E-state index in [-0.39, 0.29) is 0 Å². The SMILES string of the molecule is C=CC1c2ccc(SC3CC3)cc2CN1C=C. The number of hydrogen-bond donors (Lipinski definition) is 0. The second-order valence-corrected chi connectivity index (χ2v) is 6.09. The lowest BCUT2D eigenvalue weighted by atomic mass is 10.1. The van der Waals surface area contributed by atoms with Crippen molar-refractivity contribution in [3.63, 3.8) is 0 Å². The fraction of sp³-hybridized carbons (Fsp3) is 0.333.